The van der Waals surface area contributed by atoms with Gasteiger partial charge in [-0.1, -0.05) is 30.0 Å². The summed E-state index contributed by atoms with van der Waals surface area (Å²) in [7, 11) is 1.79. The van der Waals surface area contributed by atoms with Crippen LogP contribution in [0.4, 0.5) is 11.4 Å². The SMILES string of the molecule is C=NC(=N/C=C1\CSC(NC(C)=O)=N1)N(C)c1cccc(NC(=O)c2cccc(C(C)(C)C#N)c2)c1. The average molecular weight is 502 g/mol. The standard InChI is InChI=1S/C26H27N7O2S/c1-17(34)30-25-32-21(15-36-25)14-29-24(28-4)33(5)22-11-7-10-20(13-22)31-23(35)18-8-6-9-19(12-18)26(2,3)16-27/h6-14H,4,15H2,1-3,5H3,(H,31,35)(H,30,32,34)/b21-14+,29-24?. The van der Waals surface area contributed by atoms with Crippen LogP contribution >= 0.6 is 11.8 Å². The zero-order valence-electron chi connectivity index (χ0n) is 20.6. The molecule has 3 rings (SSSR count). The van der Waals surface area contributed by atoms with Crippen molar-refractivity contribution in [3.8, 4) is 6.07 Å². The Bertz CT molecular complexity index is 1320. The van der Waals surface area contributed by atoms with Crippen molar-refractivity contribution >= 4 is 52.8 Å². The molecule has 1 aliphatic rings. The molecule has 0 unspecified atom stereocenters. The Morgan fingerprint density at radius 1 is 1.22 bits per heavy atom. The maximum absolute atomic E-state index is 12.9. The molecule has 2 aromatic rings. The molecule has 0 fully saturated rings. The number of guanidine groups is 1. The van der Waals surface area contributed by atoms with E-state index in [0.717, 1.165) is 11.3 Å². The molecule has 0 aromatic heterocycles. The summed E-state index contributed by atoms with van der Waals surface area (Å²) in [6, 6.07) is 16.6. The van der Waals surface area contributed by atoms with Crippen molar-refractivity contribution < 1.29 is 9.59 Å². The number of nitrogens with one attached hydrogen (secondary N) is 2. The molecule has 9 nitrogen and oxygen atoms in total. The second kappa shape index (κ2) is 11.5. The van der Waals surface area contributed by atoms with Gasteiger partial charge in [0.2, 0.25) is 11.9 Å². The van der Waals surface area contributed by atoms with Gasteiger partial charge in [-0.2, -0.15) is 5.26 Å². The molecule has 0 bridgehead atoms. The predicted molar refractivity (Wildman–Crippen MR) is 147 cm³/mol. The number of anilines is 2. The van der Waals surface area contributed by atoms with Crippen molar-refractivity contribution in [3.63, 3.8) is 0 Å². The van der Waals surface area contributed by atoms with Crippen molar-refractivity contribution in [2.45, 2.75) is 26.2 Å². The average Bonchev–Trinajstić information content (AvgIpc) is 3.31. The highest BCUT2D eigenvalue weighted by Gasteiger charge is 2.21. The van der Waals surface area contributed by atoms with Crippen molar-refractivity contribution in [2.75, 3.05) is 23.0 Å². The van der Waals surface area contributed by atoms with Gasteiger partial charge in [-0.25, -0.2) is 15.0 Å². The highest BCUT2D eigenvalue weighted by molar-refractivity contribution is 8.14. The van der Waals surface area contributed by atoms with E-state index in [1.165, 1.54) is 18.7 Å². The summed E-state index contributed by atoms with van der Waals surface area (Å²) in [4.78, 5) is 38.5. The van der Waals surface area contributed by atoms with Gasteiger partial charge < -0.3 is 15.5 Å². The Morgan fingerprint density at radius 2 is 1.97 bits per heavy atom. The Balaban J connectivity index is 1.76. The molecular weight excluding hydrogens is 474 g/mol. The normalized spacial score (nSPS) is 14.6. The van der Waals surface area contributed by atoms with Crippen molar-refractivity contribution in [1.29, 1.82) is 5.26 Å². The summed E-state index contributed by atoms with van der Waals surface area (Å²) in [5.74, 6) is 0.467. The quantitative estimate of drug-likeness (QED) is 0.467. The van der Waals surface area contributed by atoms with Gasteiger partial charge in [0, 0.05) is 36.7 Å². The molecular formula is C26H27N7O2S. The first-order valence-electron chi connectivity index (χ1n) is 11.0. The third kappa shape index (κ3) is 6.67. The van der Waals surface area contributed by atoms with Gasteiger partial charge in [0.15, 0.2) is 5.17 Å². The number of hydrogen-bond donors (Lipinski definition) is 2. The smallest absolute Gasteiger partial charge is 0.255 e. The van der Waals surface area contributed by atoms with Crippen molar-refractivity contribution in [1.82, 2.24) is 5.32 Å². The van der Waals surface area contributed by atoms with Crippen molar-refractivity contribution in [2.24, 2.45) is 15.0 Å². The minimum atomic E-state index is -0.699. The minimum Gasteiger partial charge on any atom is -0.322 e. The van der Waals surface area contributed by atoms with Gasteiger partial charge in [0.05, 0.1) is 23.4 Å². The largest absolute Gasteiger partial charge is 0.322 e. The van der Waals surface area contributed by atoms with Crippen LogP contribution in [0, 0.1) is 11.3 Å². The number of hydrogen-bond acceptors (Lipinski definition) is 6. The van der Waals surface area contributed by atoms with Crippen LogP contribution in [0.3, 0.4) is 0 Å². The number of thioether (sulfide) groups is 1. The van der Waals surface area contributed by atoms with Gasteiger partial charge in [0.1, 0.15) is 0 Å². The number of carbonyl (C=O) groups is 2. The number of nitrogens with zero attached hydrogens (tertiary/aromatic N) is 5. The zero-order chi connectivity index (χ0) is 26.3. The molecule has 184 valence electrons. The molecule has 2 N–H and O–H groups in total. The molecule has 1 heterocycles. The molecule has 0 spiro atoms. The van der Waals surface area contributed by atoms with Gasteiger partial charge >= 0.3 is 0 Å². The first-order valence-corrected chi connectivity index (χ1v) is 12.0. The van der Waals surface area contributed by atoms with E-state index in [1.807, 2.05) is 32.0 Å². The zero-order valence-corrected chi connectivity index (χ0v) is 21.4. The van der Waals surface area contributed by atoms with E-state index >= 15 is 0 Å². The Labute approximate surface area is 214 Å². The van der Waals surface area contributed by atoms with E-state index < -0.39 is 5.41 Å². The fourth-order valence-corrected chi connectivity index (χ4v) is 4.03. The lowest BCUT2D eigenvalue weighted by molar-refractivity contribution is -0.117. The first-order chi connectivity index (χ1) is 17.1. The number of amidine groups is 1. The fourth-order valence-electron chi connectivity index (χ4n) is 3.21. The molecule has 0 atom stereocenters. The number of carbonyl (C=O) groups excluding carboxylic acids is 2. The molecule has 2 aromatic carbocycles. The van der Waals surface area contributed by atoms with E-state index in [9.17, 15) is 14.9 Å². The lowest BCUT2D eigenvalue weighted by atomic mass is 9.85. The van der Waals surface area contributed by atoms with E-state index in [1.54, 1.807) is 48.5 Å². The van der Waals surface area contributed by atoms with E-state index in [2.05, 4.69) is 38.4 Å². The Kier molecular flexibility index (Phi) is 8.40. The monoisotopic (exact) mass is 501 g/mol. The molecule has 0 saturated carbocycles. The first kappa shape index (κ1) is 26.4. The van der Waals surface area contributed by atoms with Crippen LogP contribution in [0.5, 0.6) is 0 Å². The number of amides is 2. The number of rotatable bonds is 5. The molecule has 0 aliphatic carbocycles. The lowest BCUT2D eigenvalue weighted by Crippen LogP contribution is -2.24. The van der Waals surface area contributed by atoms with E-state index in [4.69, 9.17) is 0 Å². The summed E-state index contributed by atoms with van der Waals surface area (Å²) in [6.07, 6.45) is 1.59. The van der Waals surface area contributed by atoms with Gasteiger partial charge in [-0.15, -0.1) is 0 Å². The van der Waals surface area contributed by atoms with E-state index in [0.29, 0.717) is 33.8 Å². The van der Waals surface area contributed by atoms with E-state index in [-0.39, 0.29) is 11.8 Å². The summed E-state index contributed by atoms with van der Waals surface area (Å²) in [5.41, 5.74) is 2.56. The molecule has 10 heteroatoms. The highest BCUT2D eigenvalue weighted by atomic mass is 32.2. The summed E-state index contributed by atoms with van der Waals surface area (Å²) in [5, 5.41) is 15.5. The van der Waals surface area contributed by atoms with Crippen molar-refractivity contribution in [3.05, 3.63) is 71.6 Å². The Hall–Kier alpha value is -4.23. The maximum Gasteiger partial charge on any atom is 0.255 e. The highest BCUT2D eigenvalue weighted by Crippen LogP contribution is 2.24. The molecule has 2 amide bonds. The van der Waals surface area contributed by atoms with Crippen LogP contribution in [0.2, 0.25) is 0 Å². The topological polar surface area (TPSA) is 122 Å². The van der Waals surface area contributed by atoms with Crippen LogP contribution in [-0.2, 0) is 10.2 Å². The van der Waals surface area contributed by atoms with Crippen LogP contribution in [0.1, 0.15) is 36.7 Å². The third-order valence-corrected chi connectivity index (χ3v) is 6.18. The molecule has 1 aliphatic heterocycles. The third-order valence-electron chi connectivity index (χ3n) is 5.27. The van der Waals surface area contributed by atoms with Crippen LogP contribution < -0.4 is 15.5 Å². The second-order valence-electron chi connectivity index (χ2n) is 8.48. The number of aliphatic imine (C=N–C) groups is 3. The second-order valence-corrected chi connectivity index (χ2v) is 9.44. The van der Waals surface area contributed by atoms with Gasteiger partial charge in [-0.3, -0.25) is 9.59 Å². The summed E-state index contributed by atoms with van der Waals surface area (Å²) in [6.45, 7) is 8.66. The summed E-state index contributed by atoms with van der Waals surface area (Å²) >= 11 is 1.42. The fraction of sp³-hybridized carbons (Fsp3) is 0.231. The molecule has 36 heavy (non-hydrogen) atoms. The number of nitriles is 1. The van der Waals surface area contributed by atoms with Crippen LogP contribution in [0.15, 0.2) is 75.4 Å². The lowest BCUT2D eigenvalue weighted by Gasteiger charge is -2.19. The maximum atomic E-state index is 12.9. The van der Waals surface area contributed by atoms with Crippen LogP contribution in [-0.4, -0.2) is 42.5 Å². The Morgan fingerprint density at radius 3 is 2.67 bits per heavy atom. The molecule has 0 saturated heterocycles. The van der Waals surface area contributed by atoms with Gasteiger partial charge in [-0.05, 0) is 56.5 Å². The molecule has 0 radical (unpaired) electrons. The minimum absolute atomic E-state index is 0.176. The van der Waals surface area contributed by atoms with Crippen LogP contribution in [0.25, 0.3) is 0 Å². The number of benzene rings is 2. The summed E-state index contributed by atoms with van der Waals surface area (Å²) < 4.78 is 0. The van der Waals surface area contributed by atoms with Gasteiger partial charge in [0.25, 0.3) is 5.91 Å². The predicted octanol–water partition coefficient (Wildman–Crippen LogP) is 4.31.